The van der Waals surface area contributed by atoms with Crippen molar-refractivity contribution >= 4 is 17.3 Å². The van der Waals surface area contributed by atoms with Crippen LogP contribution >= 0.6 is 11.6 Å². The van der Waals surface area contributed by atoms with E-state index < -0.39 is 0 Å². The molecule has 2 bridgehead atoms. The van der Waals surface area contributed by atoms with Gasteiger partial charge in [-0.3, -0.25) is 4.90 Å². The number of fused-ring (bicyclic) bond motifs is 2. The molecular weight excluding hydrogens is 280 g/mol. The number of hydrogen-bond donors (Lipinski definition) is 0. The second-order valence-electron chi connectivity index (χ2n) is 6.78. The minimum absolute atomic E-state index is 0.872. The lowest BCUT2D eigenvalue weighted by Crippen LogP contribution is -2.48. The smallest absolute Gasteiger partial charge is 0.0639 e. The van der Waals surface area contributed by atoms with Gasteiger partial charge in [-0.1, -0.05) is 35.9 Å². The highest BCUT2D eigenvalue weighted by Gasteiger charge is 2.36. The zero-order valence-electron chi connectivity index (χ0n) is 12.4. The highest BCUT2D eigenvalue weighted by atomic mass is 35.5. The number of nitrogens with zero attached hydrogens (tertiary/aromatic N) is 2. The van der Waals surface area contributed by atoms with Gasteiger partial charge < -0.3 is 4.90 Å². The number of allylic oxidation sites excluding steroid dienone is 2. The summed E-state index contributed by atoms with van der Waals surface area (Å²) < 4.78 is 0. The molecule has 3 heteroatoms. The molecule has 1 aromatic rings. The van der Waals surface area contributed by atoms with Gasteiger partial charge in [0.1, 0.15) is 0 Å². The van der Waals surface area contributed by atoms with Gasteiger partial charge in [-0.05, 0) is 42.7 Å². The first-order chi connectivity index (χ1) is 10.3. The molecular formula is C18H23ClN2. The third-order valence-electron chi connectivity index (χ3n) is 5.47. The maximum absolute atomic E-state index is 6.31. The Balaban J connectivity index is 1.33. The van der Waals surface area contributed by atoms with E-state index in [0.29, 0.717) is 0 Å². The number of rotatable bonds is 3. The molecule has 0 aromatic heterocycles. The van der Waals surface area contributed by atoms with E-state index in [1.807, 2.05) is 12.1 Å². The van der Waals surface area contributed by atoms with E-state index >= 15 is 0 Å². The van der Waals surface area contributed by atoms with Crippen LogP contribution in [0.15, 0.2) is 36.4 Å². The quantitative estimate of drug-likeness (QED) is 0.786. The molecule has 0 amide bonds. The van der Waals surface area contributed by atoms with Gasteiger partial charge in [-0.25, -0.2) is 0 Å². The fraction of sp³-hybridized carbons (Fsp3) is 0.556. The topological polar surface area (TPSA) is 6.48 Å². The maximum atomic E-state index is 6.31. The molecule has 2 fully saturated rings. The molecule has 112 valence electrons. The third-order valence-corrected chi connectivity index (χ3v) is 5.79. The van der Waals surface area contributed by atoms with E-state index in [-0.39, 0.29) is 0 Å². The van der Waals surface area contributed by atoms with Crippen LogP contribution in [0.2, 0.25) is 5.02 Å². The van der Waals surface area contributed by atoms with E-state index in [0.717, 1.165) is 35.9 Å². The van der Waals surface area contributed by atoms with Crippen molar-refractivity contribution in [3.8, 4) is 0 Å². The average molecular weight is 303 g/mol. The molecule has 1 aromatic carbocycles. The summed E-state index contributed by atoms with van der Waals surface area (Å²) in [6.07, 6.45) is 7.76. The normalized spacial score (nSPS) is 32.0. The van der Waals surface area contributed by atoms with Crippen LogP contribution in [0, 0.1) is 17.8 Å². The Hall–Kier alpha value is -0.990. The van der Waals surface area contributed by atoms with Crippen molar-refractivity contribution in [3.63, 3.8) is 0 Å². The molecule has 1 saturated carbocycles. The summed E-state index contributed by atoms with van der Waals surface area (Å²) in [5, 5.41) is 0.879. The van der Waals surface area contributed by atoms with Gasteiger partial charge in [0.15, 0.2) is 0 Å². The van der Waals surface area contributed by atoms with E-state index in [4.69, 9.17) is 11.6 Å². The molecule has 2 nitrogen and oxygen atoms in total. The fourth-order valence-corrected chi connectivity index (χ4v) is 4.57. The number of anilines is 1. The van der Waals surface area contributed by atoms with Crippen LogP contribution in [0.1, 0.15) is 12.8 Å². The van der Waals surface area contributed by atoms with Crippen molar-refractivity contribution in [1.82, 2.24) is 4.90 Å². The minimum Gasteiger partial charge on any atom is -0.368 e. The number of para-hydroxylation sites is 1. The lowest BCUT2D eigenvalue weighted by Gasteiger charge is -2.38. The Bertz CT molecular complexity index is 534. The monoisotopic (exact) mass is 302 g/mol. The first-order valence-electron chi connectivity index (χ1n) is 8.20. The van der Waals surface area contributed by atoms with Crippen molar-refractivity contribution in [3.05, 3.63) is 41.4 Å². The molecule has 0 radical (unpaired) electrons. The Morgan fingerprint density at radius 2 is 1.81 bits per heavy atom. The van der Waals surface area contributed by atoms with Crippen LogP contribution in [0.25, 0.3) is 0 Å². The summed E-state index contributed by atoms with van der Waals surface area (Å²) in [5.74, 6) is 2.67. The Labute approximate surface area is 132 Å². The average Bonchev–Trinajstić information content (AvgIpc) is 3.11. The van der Waals surface area contributed by atoms with Gasteiger partial charge in [-0.2, -0.15) is 0 Å². The standard InChI is InChI=1S/C18H23ClN2/c19-17-3-1-2-4-18(17)21-9-7-20(8-10-21)13-16-12-14-5-6-15(16)11-14/h1-6,14-16H,7-13H2/t14-,15+,16-/m1/s1. The molecule has 1 heterocycles. The van der Waals surface area contributed by atoms with Gasteiger partial charge in [0.2, 0.25) is 0 Å². The van der Waals surface area contributed by atoms with Crippen molar-refractivity contribution in [2.75, 3.05) is 37.6 Å². The Morgan fingerprint density at radius 1 is 1.00 bits per heavy atom. The highest BCUT2D eigenvalue weighted by molar-refractivity contribution is 6.33. The lowest BCUT2D eigenvalue weighted by atomic mass is 9.93. The van der Waals surface area contributed by atoms with Gasteiger partial charge in [0.05, 0.1) is 10.7 Å². The second kappa shape index (κ2) is 5.66. The van der Waals surface area contributed by atoms with Crippen LogP contribution in [0.3, 0.4) is 0 Å². The molecule has 21 heavy (non-hydrogen) atoms. The molecule has 0 unspecified atom stereocenters. The Kier molecular flexibility index (Phi) is 3.68. The largest absolute Gasteiger partial charge is 0.368 e. The van der Waals surface area contributed by atoms with Gasteiger partial charge in [0, 0.05) is 32.7 Å². The van der Waals surface area contributed by atoms with Gasteiger partial charge >= 0.3 is 0 Å². The van der Waals surface area contributed by atoms with Crippen molar-refractivity contribution in [2.24, 2.45) is 17.8 Å². The minimum atomic E-state index is 0.872. The highest BCUT2D eigenvalue weighted by Crippen LogP contribution is 2.43. The second-order valence-corrected chi connectivity index (χ2v) is 7.19. The molecule has 3 aliphatic rings. The van der Waals surface area contributed by atoms with Crippen LogP contribution in [0.5, 0.6) is 0 Å². The molecule has 4 rings (SSSR count). The summed E-state index contributed by atoms with van der Waals surface area (Å²) >= 11 is 6.31. The summed E-state index contributed by atoms with van der Waals surface area (Å²) in [6, 6.07) is 8.21. The number of halogens is 1. The number of benzene rings is 1. The molecule has 1 aliphatic heterocycles. The van der Waals surface area contributed by atoms with Crippen LogP contribution in [0.4, 0.5) is 5.69 Å². The zero-order chi connectivity index (χ0) is 14.2. The summed E-state index contributed by atoms with van der Waals surface area (Å²) in [4.78, 5) is 5.09. The summed E-state index contributed by atoms with van der Waals surface area (Å²) in [7, 11) is 0. The Morgan fingerprint density at radius 3 is 2.48 bits per heavy atom. The van der Waals surface area contributed by atoms with Gasteiger partial charge in [-0.15, -0.1) is 0 Å². The van der Waals surface area contributed by atoms with Crippen molar-refractivity contribution < 1.29 is 0 Å². The molecule has 3 atom stereocenters. The first kappa shape index (κ1) is 13.7. The predicted molar refractivity (Wildman–Crippen MR) is 88.9 cm³/mol. The SMILES string of the molecule is Clc1ccccc1N1CCN(C[C@H]2C[C@@H]3C=C[C@H]2C3)CC1. The van der Waals surface area contributed by atoms with E-state index in [9.17, 15) is 0 Å². The van der Waals surface area contributed by atoms with Crippen molar-refractivity contribution in [2.45, 2.75) is 12.8 Å². The van der Waals surface area contributed by atoms with Crippen LogP contribution in [-0.4, -0.2) is 37.6 Å². The molecule has 1 saturated heterocycles. The van der Waals surface area contributed by atoms with E-state index in [1.54, 1.807) is 0 Å². The van der Waals surface area contributed by atoms with E-state index in [2.05, 4.69) is 34.1 Å². The van der Waals surface area contributed by atoms with Crippen LogP contribution < -0.4 is 4.90 Å². The molecule has 2 aliphatic carbocycles. The fourth-order valence-electron chi connectivity index (χ4n) is 4.32. The van der Waals surface area contributed by atoms with E-state index in [1.165, 1.54) is 38.2 Å². The summed E-state index contributed by atoms with van der Waals surface area (Å²) in [6.45, 7) is 5.83. The predicted octanol–water partition coefficient (Wildman–Crippen LogP) is 3.67. The van der Waals surface area contributed by atoms with Gasteiger partial charge in [0.25, 0.3) is 0 Å². The zero-order valence-corrected chi connectivity index (χ0v) is 13.2. The maximum Gasteiger partial charge on any atom is 0.0639 e. The lowest BCUT2D eigenvalue weighted by molar-refractivity contribution is 0.204. The molecule has 0 spiro atoms. The third kappa shape index (κ3) is 2.72. The van der Waals surface area contributed by atoms with Crippen molar-refractivity contribution in [1.29, 1.82) is 0 Å². The molecule has 0 N–H and O–H groups in total. The number of hydrogen-bond acceptors (Lipinski definition) is 2. The summed E-state index contributed by atoms with van der Waals surface area (Å²) in [5.41, 5.74) is 1.20. The number of piperazine rings is 1. The van der Waals surface area contributed by atoms with Crippen LogP contribution in [-0.2, 0) is 0 Å². The first-order valence-corrected chi connectivity index (χ1v) is 8.57.